The maximum atomic E-state index is 9.18. The summed E-state index contributed by atoms with van der Waals surface area (Å²) in [6.45, 7) is 3.95. The minimum Gasteiger partial charge on any atom is -0.393 e. The van der Waals surface area contributed by atoms with E-state index in [-0.39, 0.29) is 6.10 Å². The highest BCUT2D eigenvalue weighted by atomic mass is 35.5. The minimum atomic E-state index is -0.0319. The Kier molecular flexibility index (Phi) is 4.43. The van der Waals surface area contributed by atoms with Gasteiger partial charge in [-0.15, -0.1) is 0 Å². The van der Waals surface area contributed by atoms with E-state index in [2.05, 4.69) is 18.3 Å². The minimum absolute atomic E-state index is 0.0319. The van der Waals surface area contributed by atoms with Crippen LogP contribution in [0.25, 0.3) is 0 Å². The smallest absolute Gasteiger partial charge is 0.0545 e. The number of hydrogen-bond acceptors (Lipinski definition) is 2. The molecule has 0 amide bonds. The van der Waals surface area contributed by atoms with E-state index in [1.165, 1.54) is 11.1 Å². The zero-order valence-electron chi connectivity index (χ0n) is 10.2. The number of hydrogen-bond donors (Lipinski definition) is 2. The number of nitrogens with one attached hydrogen (secondary N) is 1. The Morgan fingerprint density at radius 3 is 2.76 bits per heavy atom. The zero-order valence-corrected chi connectivity index (χ0v) is 11.0. The Hall–Kier alpha value is -0.570. The molecule has 0 spiro atoms. The lowest BCUT2D eigenvalue weighted by atomic mass is 9.80. The maximum Gasteiger partial charge on any atom is 0.0545 e. The SMILES string of the molecule is Cc1cc(Cl)cc(CNCCC2CC(O)C2)c1. The van der Waals surface area contributed by atoms with Gasteiger partial charge in [0.25, 0.3) is 0 Å². The van der Waals surface area contributed by atoms with E-state index in [4.69, 9.17) is 11.6 Å². The lowest BCUT2D eigenvalue weighted by Crippen LogP contribution is -2.30. The van der Waals surface area contributed by atoms with Crippen molar-refractivity contribution < 1.29 is 5.11 Å². The fourth-order valence-corrected chi connectivity index (χ4v) is 2.70. The highest BCUT2D eigenvalue weighted by Crippen LogP contribution is 2.29. The largest absolute Gasteiger partial charge is 0.393 e. The topological polar surface area (TPSA) is 32.3 Å². The van der Waals surface area contributed by atoms with Crippen molar-refractivity contribution in [3.05, 3.63) is 34.3 Å². The van der Waals surface area contributed by atoms with Gasteiger partial charge >= 0.3 is 0 Å². The molecule has 2 nitrogen and oxygen atoms in total. The molecule has 0 saturated heterocycles. The Morgan fingerprint density at radius 1 is 1.35 bits per heavy atom. The van der Waals surface area contributed by atoms with Crippen LogP contribution < -0.4 is 5.32 Å². The van der Waals surface area contributed by atoms with Crippen LogP contribution in [-0.2, 0) is 6.54 Å². The molecule has 1 fully saturated rings. The van der Waals surface area contributed by atoms with Gasteiger partial charge in [-0.2, -0.15) is 0 Å². The number of aliphatic hydroxyl groups excluding tert-OH is 1. The Balaban J connectivity index is 1.67. The predicted molar refractivity (Wildman–Crippen MR) is 71.2 cm³/mol. The van der Waals surface area contributed by atoms with Gasteiger partial charge in [-0.3, -0.25) is 0 Å². The first-order valence-corrected chi connectivity index (χ1v) is 6.66. The van der Waals surface area contributed by atoms with Crippen LogP contribution in [0.2, 0.25) is 5.02 Å². The molecule has 0 aromatic heterocycles. The van der Waals surface area contributed by atoms with Crippen molar-refractivity contribution in [1.82, 2.24) is 5.32 Å². The normalized spacial score (nSPS) is 23.5. The molecule has 17 heavy (non-hydrogen) atoms. The molecular formula is C14H20ClNO. The summed E-state index contributed by atoms with van der Waals surface area (Å²) in [7, 11) is 0. The third kappa shape index (κ3) is 3.98. The molecule has 1 aromatic rings. The van der Waals surface area contributed by atoms with Gasteiger partial charge in [0.1, 0.15) is 0 Å². The van der Waals surface area contributed by atoms with E-state index in [0.29, 0.717) is 0 Å². The monoisotopic (exact) mass is 253 g/mol. The number of rotatable bonds is 5. The van der Waals surface area contributed by atoms with Crippen LogP contribution >= 0.6 is 11.6 Å². The Labute approximate surface area is 108 Å². The number of aliphatic hydroxyl groups is 1. The van der Waals surface area contributed by atoms with Crippen molar-refractivity contribution in [3.63, 3.8) is 0 Å². The van der Waals surface area contributed by atoms with Gasteiger partial charge in [0, 0.05) is 11.6 Å². The fraction of sp³-hybridized carbons (Fsp3) is 0.571. The van der Waals surface area contributed by atoms with E-state index in [9.17, 15) is 5.11 Å². The van der Waals surface area contributed by atoms with Crippen LogP contribution in [0.15, 0.2) is 18.2 Å². The summed E-state index contributed by atoms with van der Waals surface area (Å²) in [6, 6.07) is 6.14. The number of halogens is 1. The summed E-state index contributed by atoms with van der Waals surface area (Å²) in [6.07, 6.45) is 3.10. The van der Waals surface area contributed by atoms with Gasteiger partial charge in [0.15, 0.2) is 0 Å². The maximum absolute atomic E-state index is 9.18. The molecule has 2 rings (SSSR count). The van der Waals surface area contributed by atoms with Gasteiger partial charge in [0.05, 0.1) is 6.10 Å². The lowest BCUT2D eigenvalue weighted by Gasteiger charge is -2.31. The van der Waals surface area contributed by atoms with Gasteiger partial charge in [-0.05, 0) is 61.9 Å². The fourth-order valence-electron chi connectivity index (χ4n) is 2.39. The Morgan fingerprint density at radius 2 is 2.12 bits per heavy atom. The molecule has 0 atom stereocenters. The van der Waals surface area contributed by atoms with Gasteiger partial charge < -0.3 is 10.4 Å². The van der Waals surface area contributed by atoms with Crippen LogP contribution in [0.1, 0.15) is 30.4 Å². The third-order valence-electron chi connectivity index (χ3n) is 3.37. The molecule has 0 aliphatic heterocycles. The summed E-state index contributed by atoms with van der Waals surface area (Å²) in [5, 5.41) is 13.4. The van der Waals surface area contributed by atoms with Gasteiger partial charge in [-0.25, -0.2) is 0 Å². The summed E-state index contributed by atoms with van der Waals surface area (Å²) in [4.78, 5) is 0. The summed E-state index contributed by atoms with van der Waals surface area (Å²) in [5.74, 6) is 0.721. The van der Waals surface area contributed by atoms with E-state index < -0.39 is 0 Å². The van der Waals surface area contributed by atoms with E-state index in [0.717, 1.165) is 43.3 Å². The molecule has 1 aliphatic rings. The standard InChI is InChI=1S/C14H20ClNO/c1-10-4-12(6-13(15)5-10)9-16-3-2-11-7-14(17)8-11/h4-6,11,14,16-17H,2-3,7-9H2,1H3. The van der Waals surface area contributed by atoms with Crippen LogP contribution in [0.4, 0.5) is 0 Å². The zero-order chi connectivity index (χ0) is 12.3. The quantitative estimate of drug-likeness (QED) is 0.791. The molecule has 3 heteroatoms. The molecule has 0 bridgehead atoms. The molecule has 2 N–H and O–H groups in total. The molecular weight excluding hydrogens is 234 g/mol. The summed E-state index contributed by atoms with van der Waals surface area (Å²) in [5.41, 5.74) is 2.44. The van der Waals surface area contributed by atoms with E-state index in [1.54, 1.807) is 0 Å². The molecule has 0 unspecified atom stereocenters. The van der Waals surface area contributed by atoms with Crippen LogP contribution in [-0.4, -0.2) is 17.8 Å². The van der Waals surface area contributed by atoms with Crippen LogP contribution in [0.3, 0.4) is 0 Å². The molecule has 0 radical (unpaired) electrons. The van der Waals surface area contributed by atoms with Crippen molar-refractivity contribution in [2.45, 2.75) is 38.8 Å². The lowest BCUT2D eigenvalue weighted by molar-refractivity contribution is 0.0393. The van der Waals surface area contributed by atoms with Crippen LogP contribution in [0.5, 0.6) is 0 Å². The summed E-state index contributed by atoms with van der Waals surface area (Å²) < 4.78 is 0. The van der Waals surface area contributed by atoms with Crippen molar-refractivity contribution in [2.75, 3.05) is 6.54 Å². The average Bonchev–Trinajstić information content (AvgIpc) is 2.20. The number of aryl methyl sites for hydroxylation is 1. The number of benzene rings is 1. The van der Waals surface area contributed by atoms with Crippen molar-refractivity contribution in [3.8, 4) is 0 Å². The third-order valence-corrected chi connectivity index (χ3v) is 3.59. The van der Waals surface area contributed by atoms with Gasteiger partial charge in [-0.1, -0.05) is 17.7 Å². The highest BCUT2D eigenvalue weighted by Gasteiger charge is 2.26. The second-order valence-corrected chi connectivity index (χ2v) is 5.53. The summed E-state index contributed by atoms with van der Waals surface area (Å²) >= 11 is 6.01. The molecule has 1 aliphatic carbocycles. The molecule has 0 heterocycles. The average molecular weight is 254 g/mol. The first-order chi connectivity index (χ1) is 8.13. The second kappa shape index (κ2) is 5.85. The first-order valence-electron chi connectivity index (χ1n) is 6.28. The molecule has 1 saturated carbocycles. The van der Waals surface area contributed by atoms with Crippen molar-refractivity contribution in [2.24, 2.45) is 5.92 Å². The predicted octanol–water partition coefficient (Wildman–Crippen LogP) is 2.90. The molecule has 1 aromatic carbocycles. The van der Waals surface area contributed by atoms with Gasteiger partial charge in [0.2, 0.25) is 0 Å². The van der Waals surface area contributed by atoms with Crippen molar-refractivity contribution >= 4 is 11.6 Å². The van der Waals surface area contributed by atoms with E-state index >= 15 is 0 Å². The highest BCUT2D eigenvalue weighted by molar-refractivity contribution is 6.30. The Bertz CT molecular complexity index is 354. The van der Waals surface area contributed by atoms with E-state index in [1.807, 2.05) is 12.1 Å². The van der Waals surface area contributed by atoms with Crippen molar-refractivity contribution in [1.29, 1.82) is 0 Å². The second-order valence-electron chi connectivity index (χ2n) is 5.09. The van der Waals surface area contributed by atoms with Crippen LogP contribution in [0, 0.1) is 12.8 Å². The molecule has 94 valence electrons. The first kappa shape index (κ1) is 12.9.